The number of imidazole rings is 1. The summed E-state index contributed by atoms with van der Waals surface area (Å²) in [6.45, 7) is 0.301. The third-order valence-corrected chi connectivity index (χ3v) is 6.10. The first-order chi connectivity index (χ1) is 18.5. The number of primary amides is 1. The summed E-state index contributed by atoms with van der Waals surface area (Å²) in [7, 11) is 3.10. The fourth-order valence-electron chi connectivity index (χ4n) is 4.32. The maximum absolute atomic E-state index is 12.4. The number of benzene rings is 3. The molecule has 0 aliphatic heterocycles. The van der Waals surface area contributed by atoms with Crippen LogP contribution in [0.4, 0.5) is 0 Å². The molecule has 0 spiro atoms. The van der Waals surface area contributed by atoms with Gasteiger partial charge < -0.3 is 30.0 Å². The quantitative estimate of drug-likeness (QED) is 0.259. The summed E-state index contributed by atoms with van der Waals surface area (Å²) in [5, 5.41) is 14.1. The Bertz CT molecular complexity index is 1560. The molecule has 10 nitrogen and oxygen atoms in total. The van der Waals surface area contributed by atoms with Crippen molar-refractivity contribution in [3.63, 3.8) is 0 Å². The van der Waals surface area contributed by atoms with E-state index < -0.39 is 5.91 Å². The number of aromatic nitrogens is 4. The number of para-hydroxylation sites is 2. The molecule has 0 saturated carbocycles. The standard InChI is InChI=1S/C28H27N5O5/c1-36-18-9-7-17(8-10-18)16-33-23(28-30-20-5-3-4-6-21(20)31-28)15-22(32-33)25-19(27(29)35)11-12-24(26(25)37-2)38-14-13-34/h3-12,15,34H,13-14,16H2,1-2H3,(H2,29,35)(H,30,31). The molecule has 0 aliphatic carbocycles. The van der Waals surface area contributed by atoms with E-state index >= 15 is 0 Å². The Kier molecular flexibility index (Phi) is 6.96. The lowest BCUT2D eigenvalue weighted by Gasteiger charge is -2.15. The van der Waals surface area contributed by atoms with Crippen LogP contribution in [0.2, 0.25) is 0 Å². The first-order valence-electron chi connectivity index (χ1n) is 11.9. The third-order valence-electron chi connectivity index (χ3n) is 6.10. The molecule has 0 bridgehead atoms. The Morgan fingerprint density at radius 3 is 2.53 bits per heavy atom. The van der Waals surface area contributed by atoms with Gasteiger partial charge in [-0.05, 0) is 48.0 Å². The van der Waals surface area contributed by atoms with E-state index in [9.17, 15) is 9.90 Å². The summed E-state index contributed by atoms with van der Waals surface area (Å²) in [5.41, 5.74) is 10.2. The highest BCUT2D eigenvalue weighted by molar-refractivity contribution is 6.02. The van der Waals surface area contributed by atoms with Crippen molar-refractivity contribution in [1.82, 2.24) is 19.7 Å². The monoisotopic (exact) mass is 513 g/mol. The van der Waals surface area contributed by atoms with Gasteiger partial charge in [0, 0.05) is 0 Å². The number of fused-ring (bicyclic) bond motifs is 1. The number of hydrogen-bond donors (Lipinski definition) is 3. The van der Waals surface area contributed by atoms with Crippen molar-refractivity contribution in [2.45, 2.75) is 6.54 Å². The van der Waals surface area contributed by atoms with Gasteiger partial charge in [-0.15, -0.1) is 0 Å². The van der Waals surface area contributed by atoms with Crippen molar-refractivity contribution in [1.29, 1.82) is 0 Å². The minimum atomic E-state index is -0.637. The van der Waals surface area contributed by atoms with E-state index in [-0.39, 0.29) is 18.8 Å². The van der Waals surface area contributed by atoms with E-state index in [1.54, 1.807) is 23.9 Å². The van der Waals surface area contributed by atoms with Crippen LogP contribution < -0.4 is 19.9 Å². The van der Waals surface area contributed by atoms with Crippen molar-refractivity contribution in [3.8, 4) is 40.0 Å². The van der Waals surface area contributed by atoms with Crippen molar-refractivity contribution < 1.29 is 24.1 Å². The zero-order valence-corrected chi connectivity index (χ0v) is 21.0. The molecule has 194 valence electrons. The fourth-order valence-corrected chi connectivity index (χ4v) is 4.32. The molecule has 0 saturated heterocycles. The summed E-state index contributed by atoms with van der Waals surface area (Å²) in [5.74, 6) is 1.38. The second-order valence-electron chi connectivity index (χ2n) is 8.48. The Hall–Kier alpha value is -4.83. The fraction of sp³-hybridized carbons (Fsp3) is 0.179. The van der Waals surface area contributed by atoms with E-state index in [2.05, 4.69) is 4.98 Å². The molecular weight excluding hydrogens is 486 g/mol. The van der Waals surface area contributed by atoms with Crippen LogP contribution in [-0.4, -0.2) is 58.2 Å². The zero-order chi connectivity index (χ0) is 26.6. The van der Waals surface area contributed by atoms with Gasteiger partial charge in [0.25, 0.3) is 0 Å². The Labute approximate surface area is 218 Å². The smallest absolute Gasteiger partial charge is 0.249 e. The second kappa shape index (κ2) is 10.7. The van der Waals surface area contributed by atoms with E-state index in [0.29, 0.717) is 40.8 Å². The average molecular weight is 514 g/mol. The number of carbonyl (C=O) groups excluding carboxylic acids is 1. The van der Waals surface area contributed by atoms with Gasteiger partial charge in [0.2, 0.25) is 5.91 Å². The minimum absolute atomic E-state index is 0.0574. The molecule has 0 radical (unpaired) electrons. The number of nitrogens with one attached hydrogen (secondary N) is 1. The number of methoxy groups -OCH3 is 2. The molecule has 2 aromatic heterocycles. The van der Waals surface area contributed by atoms with Crippen LogP contribution in [0.5, 0.6) is 17.2 Å². The topological polar surface area (TPSA) is 138 Å². The number of aliphatic hydroxyl groups is 1. The first kappa shape index (κ1) is 24.8. The summed E-state index contributed by atoms with van der Waals surface area (Å²) in [6, 6.07) is 20.4. The molecule has 0 aliphatic rings. The van der Waals surface area contributed by atoms with Crippen LogP contribution in [0.25, 0.3) is 33.8 Å². The van der Waals surface area contributed by atoms with Gasteiger partial charge in [0.05, 0.1) is 55.2 Å². The maximum Gasteiger partial charge on any atom is 0.249 e. The van der Waals surface area contributed by atoms with Crippen LogP contribution in [0.1, 0.15) is 15.9 Å². The lowest BCUT2D eigenvalue weighted by atomic mass is 10.0. The Balaban J connectivity index is 1.69. The highest BCUT2D eigenvalue weighted by atomic mass is 16.5. The Morgan fingerprint density at radius 1 is 1.05 bits per heavy atom. The molecule has 10 heteroatoms. The van der Waals surface area contributed by atoms with Crippen LogP contribution in [0.15, 0.2) is 66.7 Å². The van der Waals surface area contributed by atoms with Crippen LogP contribution in [-0.2, 0) is 6.54 Å². The number of nitrogens with two attached hydrogens (primary N) is 1. The normalized spacial score (nSPS) is 11.0. The van der Waals surface area contributed by atoms with E-state index in [1.807, 2.05) is 54.6 Å². The highest BCUT2D eigenvalue weighted by Crippen LogP contribution is 2.41. The Morgan fingerprint density at radius 2 is 1.84 bits per heavy atom. The third kappa shape index (κ3) is 4.76. The molecule has 1 amide bonds. The number of ether oxygens (including phenoxy) is 3. The van der Waals surface area contributed by atoms with Gasteiger partial charge in [0.1, 0.15) is 18.1 Å². The maximum atomic E-state index is 12.4. The largest absolute Gasteiger partial charge is 0.497 e. The molecule has 5 rings (SSSR count). The number of nitrogens with zero attached hydrogens (tertiary/aromatic N) is 3. The summed E-state index contributed by atoms with van der Waals surface area (Å²) >= 11 is 0. The number of rotatable bonds is 10. The summed E-state index contributed by atoms with van der Waals surface area (Å²) in [6.07, 6.45) is 0. The molecule has 5 aromatic rings. The molecular formula is C28H27N5O5. The average Bonchev–Trinajstić information content (AvgIpc) is 3.55. The number of amides is 1. The van der Waals surface area contributed by atoms with E-state index in [0.717, 1.165) is 22.3 Å². The molecule has 0 atom stereocenters. The van der Waals surface area contributed by atoms with Crippen molar-refractivity contribution >= 4 is 16.9 Å². The minimum Gasteiger partial charge on any atom is -0.497 e. The van der Waals surface area contributed by atoms with Crippen LogP contribution in [0, 0.1) is 0 Å². The van der Waals surface area contributed by atoms with Crippen molar-refractivity contribution in [2.24, 2.45) is 5.73 Å². The first-order valence-corrected chi connectivity index (χ1v) is 11.9. The van der Waals surface area contributed by atoms with Crippen molar-refractivity contribution in [2.75, 3.05) is 27.4 Å². The lowest BCUT2D eigenvalue weighted by Crippen LogP contribution is -2.14. The summed E-state index contributed by atoms with van der Waals surface area (Å²) in [4.78, 5) is 20.6. The number of aromatic amines is 1. The summed E-state index contributed by atoms with van der Waals surface area (Å²) < 4.78 is 18.4. The van der Waals surface area contributed by atoms with Gasteiger partial charge in [-0.2, -0.15) is 5.10 Å². The highest BCUT2D eigenvalue weighted by Gasteiger charge is 2.24. The SMILES string of the molecule is COc1ccc(Cn2nc(-c3c(C(N)=O)ccc(OCCO)c3OC)cc2-c2nc3ccccc3[nH]2)cc1. The van der Waals surface area contributed by atoms with Gasteiger partial charge in [0.15, 0.2) is 17.3 Å². The second-order valence-corrected chi connectivity index (χ2v) is 8.48. The predicted molar refractivity (Wildman–Crippen MR) is 142 cm³/mol. The van der Waals surface area contributed by atoms with Crippen molar-refractivity contribution in [3.05, 3.63) is 77.9 Å². The van der Waals surface area contributed by atoms with Gasteiger partial charge in [-0.1, -0.05) is 24.3 Å². The number of hydrogen-bond acceptors (Lipinski definition) is 7. The molecule has 0 unspecified atom stereocenters. The number of aliphatic hydroxyl groups excluding tert-OH is 1. The molecule has 0 fully saturated rings. The lowest BCUT2D eigenvalue weighted by molar-refractivity contribution is 0.100. The predicted octanol–water partition coefficient (Wildman–Crippen LogP) is 3.63. The van der Waals surface area contributed by atoms with Crippen LogP contribution in [0.3, 0.4) is 0 Å². The number of H-pyrrole nitrogens is 1. The van der Waals surface area contributed by atoms with Gasteiger partial charge in [-0.3, -0.25) is 9.48 Å². The van der Waals surface area contributed by atoms with Gasteiger partial charge >= 0.3 is 0 Å². The molecule has 2 heterocycles. The number of carbonyl (C=O) groups is 1. The molecule has 38 heavy (non-hydrogen) atoms. The van der Waals surface area contributed by atoms with E-state index in [1.165, 1.54) is 7.11 Å². The zero-order valence-electron chi connectivity index (χ0n) is 21.0. The van der Waals surface area contributed by atoms with E-state index in [4.69, 9.17) is 30.0 Å². The molecule has 3 aromatic carbocycles. The van der Waals surface area contributed by atoms with Crippen LogP contribution >= 0.6 is 0 Å². The van der Waals surface area contributed by atoms with Gasteiger partial charge in [-0.25, -0.2) is 4.98 Å². The molecule has 4 N–H and O–H groups in total.